The number of hydrogen-bond donors (Lipinski definition) is 0. The molecule has 2 nitrogen and oxygen atoms in total. The van der Waals surface area contributed by atoms with E-state index in [4.69, 9.17) is 4.74 Å². The summed E-state index contributed by atoms with van der Waals surface area (Å²) < 4.78 is 5.22. The molecule has 0 saturated carbocycles. The zero-order valence-electron chi connectivity index (χ0n) is 7.46. The molecule has 0 aliphatic carbocycles. The highest BCUT2D eigenvalue weighted by molar-refractivity contribution is 5.72. The van der Waals surface area contributed by atoms with Crippen LogP contribution in [0.4, 0.5) is 0 Å². The topological polar surface area (TPSA) is 26.3 Å². The van der Waals surface area contributed by atoms with E-state index in [9.17, 15) is 4.79 Å². The highest BCUT2D eigenvalue weighted by Gasteiger charge is 2.31. The van der Waals surface area contributed by atoms with E-state index in [2.05, 4.69) is 13.8 Å². The van der Waals surface area contributed by atoms with E-state index in [0.29, 0.717) is 5.92 Å². The van der Waals surface area contributed by atoms with E-state index in [1.807, 2.05) is 6.92 Å². The molecule has 1 aliphatic heterocycles. The van der Waals surface area contributed by atoms with E-state index in [1.54, 1.807) is 0 Å². The Kier molecular flexibility index (Phi) is 2.53. The van der Waals surface area contributed by atoms with Gasteiger partial charge in [0.15, 0.2) is 0 Å². The molecule has 0 aromatic carbocycles. The van der Waals surface area contributed by atoms with Crippen LogP contribution in [-0.2, 0) is 9.53 Å². The third-order valence-electron chi connectivity index (χ3n) is 2.43. The zero-order valence-corrected chi connectivity index (χ0v) is 7.46. The van der Waals surface area contributed by atoms with Crippen molar-refractivity contribution in [3.63, 3.8) is 0 Å². The molecule has 1 fully saturated rings. The van der Waals surface area contributed by atoms with Crippen LogP contribution in [0.25, 0.3) is 0 Å². The Morgan fingerprint density at radius 3 is 2.73 bits per heavy atom. The molecule has 0 N–H and O–H groups in total. The quantitative estimate of drug-likeness (QED) is 0.543. The number of ether oxygens (including phenoxy) is 1. The summed E-state index contributed by atoms with van der Waals surface area (Å²) in [4.78, 5) is 11.1. The lowest BCUT2D eigenvalue weighted by atomic mass is 9.89. The number of cyclic esters (lactones) is 1. The summed E-state index contributed by atoms with van der Waals surface area (Å²) in [6, 6.07) is 0. The van der Waals surface area contributed by atoms with Gasteiger partial charge in [-0.3, -0.25) is 4.79 Å². The molecule has 0 aromatic rings. The fourth-order valence-corrected chi connectivity index (χ4v) is 1.67. The first-order valence-corrected chi connectivity index (χ1v) is 4.35. The molecule has 11 heavy (non-hydrogen) atoms. The van der Waals surface area contributed by atoms with Gasteiger partial charge in [-0.25, -0.2) is 0 Å². The largest absolute Gasteiger partial charge is 0.462 e. The molecule has 64 valence electrons. The van der Waals surface area contributed by atoms with Crippen molar-refractivity contribution in [1.82, 2.24) is 0 Å². The third kappa shape index (κ3) is 1.73. The second-order valence-electron chi connectivity index (χ2n) is 3.50. The number of esters is 1. The number of hydrogen-bond acceptors (Lipinski definition) is 2. The lowest BCUT2D eigenvalue weighted by Gasteiger charge is -2.31. The van der Waals surface area contributed by atoms with Crippen molar-refractivity contribution in [3.05, 3.63) is 0 Å². The van der Waals surface area contributed by atoms with Gasteiger partial charge in [-0.1, -0.05) is 20.8 Å². The Bertz CT molecular complexity index is 154. The number of rotatable bonds is 1. The van der Waals surface area contributed by atoms with Crippen LogP contribution >= 0.6 is 0 Å². The van der Waals surface area contributed by atoms with Gasteiger partial charge >= 0.3 is 5.97 Å². The molecule has 2 heteroatoms. The molecule has 1 heterocycles. The van der Waals surface area contributed by atoms with Crippen molar-refractivity contribution in [2.75, 3.05) is 0 Å². The van der Waals surface area contributed by atoms with Gasteiger partial charge in [0.25, 0.3) is 0 Å². The van der Waals surface area contributed by atoms with Crippen molar-refractivity contribution < 1.29 is 9.53 Å². The van der Waals surface area contributed by atoms with Gasteiger partial charge in [0, 0.05) is 0 Å². The minimum absolute atomic E-state index is 0.0186. The summed E-state index contributed by atoms with van der Waals surface area (Å²) in [7, 11) is 0. The summed E-state index contributed by atoms with van der Waals surface area (Å²) in [5, 5.41) is 0. The van der Waals surface area contributed by atoms with Gasteiger partial charge in [-0.2, -0.15) is 0 Å². The Morgan fingerprint density at radius 1 is 1.55 bits per heavy atom. The van der Waals surface area contributed by atoms with Gasteiger partial charge in [0.05, 0.1) is 5.92 Å². The lowest BCUT2D eigenvalue weighted by Crippen LogP contribution is -2.35. The molecular weight excluding hydrogens is 140 g/mol. The average molecular weight is 156 g/mol. The zero-order chi connectivity index (χ0) is 8.43. The maximum atomic E-state index is 11.1. The minimum Gasteiger partial charge on any atom is -0.462 e. The van der Waals surface area contributed by atoms with E-state index in [0.717, 1.165) is 12.8 Å². The van der Waals surface area contributed by atoms with Gasteiger partial charge in [-0.05, 0) is 18.8 Å². The van der Waals surface area contributed by atoms with Crippen LogP contribution < -0.4 is 0 Å². The Morgan fingerprint density at radius 2 is 2.18 bits per heavy atom. The minimum atomic E-state index is -0.0186. The van der Waals surface area contributed by atoms with Crippen molar-refractivity contribution >= 4 is 5.97 Å². The Hall–Kier alpha value is -0.530. The molecule has 1 rings (SSSR count). The molecule has 0 radical (unpaired) electrons. The predicted molar refractivity (Wildman–Crippen MR) is 43.1 cm³/mol. The molecular formula is C9H16O2. The smallest absolute Gasteiger partial charge is 0.308 e. The van der Waals surface area contributed by atoms with Crippen LogP contribution in [0.15, 0.2) is 0 Å². The van der Waals surface area contributed by atoms with Crippen LogP contribution in [0, 0.1) is 11.8 Å². The Labute approximate surface area is 67.9 Å². The first kappa shape index (κ1) is 8.57. The van der Waals surface area contributed by atoms with Gasteiger partial charge in [0.2, 0.25) is 0 Å². The van der Waals surface area contributed by atoms with Crippen molar-refractivity contribution in [3.8, 4) is 0 Å². The molecule has 1 saturated heterocycles. The van der Waals surface area contributed by atoms with Crippen molar-refractivity contribution in [1.29, 1.82) is 0 Å². The van der Waals surface area contributed by atoms with Crippen LogP contribution in [0.3, 0.4) is 0 Å². The highest BCUT2D eigenvalue weighted by Crippen LogP contribution is 2.26. The molecule has 0 amide bonds. The summed E-state index contributed by atoms with van der Waals surface area (Å²) in [6.07, 6.45) is 2.09. The highest BCUT2D eigenvalue weighted by atomic mass is 16.5. The number of carbonyl (C=O) groups excluding carboxylic acids is 1. The fraction of sp³-hybridized carbons (Fsp3) is 0.889. The second kappa shape index (κ2) is 3.24. The maximum Gasteiger partial charge on any atom is 0.308 e. The third-order valence-corrected chi connectivity index (χ3v) is 2.43. The van der Waals surface area contributed by atoms with Crippen LogP contribution in [0.1, 0.15) is 33.6 Å². The first-order chi connectivity index (χ1) is 5.15. The average Bonchev–Trinajstić information content (AvgIpc) is 1.97. The predicted octanol–water partition coefficient (Wildman–Crippen LogP) is 1.98. The summed E-state index contributed by atoms with van der Waals surface area (Å²) in [6.45, 7) is 6.15. The summed E-state index contributed by atoms with van der Waals surface area (Å²) >= 11 is 0. The van der Waals surface area contributed by atoms with Crippen molar-refractivity contribution in [2.24, 2.45) is 11.8 Å². The lowest BCUT2D eigenvalue weighted by molar-refractivity contribution is -0.164. The molecule has 0 bridgehead atoms. The van der Waals surface area contributed by atoms with E-state index < -0.39 is 0 Å². The normalized spacial score (nSPS) is 38.5. The SMILES string of the molecule is CC[C@@H]1OC(=O)C(C)CC1C. The Balaban J connectivity index is 2.54. The van der Waals surface area contributed by atoms with Gasteiger partial charge < -0.3 is 4.74 Å². The summed E-state index contributed by atoms with van der Waals surface area (Å²) in [5.74, 6) is 0.621. The van der Waals surface area contributed by atoms with Crippen LogP contribution in [0.2, 0.25) is 0 Å². The second-order valence-corrected chi connectivity index (χ2v) is 3.50. The molecule has 3 atom stereocenters. The molecule has 0 spiro atoms. The molecule has 1 aliphatic rings. The van der Waals surface area contributed by atoms with Gasteiger partial charge in [-0.15, -0.1) is 0 Å². The molecule has 0 aromatic heterocycles. The first-order valence-electron chi connectivity index (χ1n) is 4.35. The fourth-order valence-electron chi connectivity index (χ4n) is 1.67. The number of carbonyl (C=O) groups is 1. The monoisotopic (exact) mass is 156 g/mol. The summed E-state index contributed by atoms with van der Waals surface area (Å²) in [5.41, 5.74) is 0. The maximum absolute atomic E-state index is 11.1. The van der Waals surface area contributed by atoms with E-state index >= 15 is 0 Å². The molecule has 2 unspecified atom stereocenters. The van der Waals surface area contributed by atoms with Gasteiger partial charge in [0.1, 0.15) is 6.10 Å². The van der Waals surface area contributed by atoms with Crippen LogP contribution in [0.5, 0.6) is 0 Å². The standard InChI is InChI=1S/C9H16O2/c1-4-8-6(2)5-7(3)9(10)11-8/h6-8H,4-5H2,1-3H3/t6?,7?,8-/m0/s1. The van der Waals surface area contributed by atoms with Crippen LogP contribution in [-0.4, -0.2) is 12.1 Å². The van der Waals surface area contributed by atoms with E-state index in [1.165, 1.54) is 0 Å². The van der Waals surface area contributed by atoms with Crippen molar-refractivity contribution in [2.45, 2.75) is 39.7 Å². The van der Waals surface area contributed by atoms with E-state index in [-0.39, 0.29) is 18.0 Å².